The number of ether oxygens (including phenoxy) is 1. The van der Waals surface area contributed by atoms with Crippen LogP contribution >= 0.6 is 0 Å². The zero-order chi connectivity index (χ0) is 12.8. The third-order valence-corrected chi connectivity index (χ3v) is 3.35. The molecule has 1 aliphatic rings. The lowest BCUT2D eigenvalue weighted by Crippen LogP contribution is -2.47. The molecule has 0 aromatic carbocycles. The van der Waals surface area contributed by atoms with E-state index in [2.05, 4.69) is 19.2 Å². The van der Waals surface area contributed by atoms with Crippen LogP contribution in [0.1, 0.15) is 33.6 Å². The van der Waals surface area contributed by atoms with Gasteiger partial charge in [-0.05, 0) is 32.2 Å². The molecule has 1 N–H and O–H groups in total. The molecule has 0 saturated carbocycles. The topological polar surface area (TPSA) is 41.6 Å². The van der Waals surface area contributed by atoms with Crippen molar-refractivity contribution in [2.75, 3.05) is 26.7 Å². The summed E-state index contributed by atoms with van der Waals surface area (Å²) in [5, 5.41) is 3.45. The van der Waals surface area contributed by atoms with Crippen LogP contribution in [0.5, 0.6) is 0 Å². The molecule has 1 saturated heterocycles. The Labute approximate surface area is 105 Å². The standard InChI is InChI=1S/C13H26N2O2/c1-10(2)14-8-12-6-5-7-15(9-12)13(16)11(3)17-4/h10-12,14H,5-9H2,1-4H3. The Kier molecular flexibility index (Phi) is 5.92. The first kappa shape index (κ1) is 14.5. The van der Waals surface area contributed by atoms with Crippen LogP contribution in [0.2, 0.25) is 0 Å². The van der Waals surface area contributed by atoms with E-state index in [0.717, 1.165) is 26.1 Å². The lowest BCUT2D eigenvalue weighted by atomic mass is 9.97. The van der Waals surface area contributed by atoms with Crippen LogP contribution in [0.4, 0.5) is 0 Å². The second-order valence-corrected chi connectivity index (χ2v) is 5.23. The summed E-state index contributed by atoms with van der Waals surface area (Å²) in [7, 11) is 1.59. The van der Waals surface area contributed by atoms with Crippen molar-refractivity contribution >= 4 is 5.91 Å². The van der Waals surface area contributed by atoms with E-state index in [1.54, 1.807) is 7.11 Å². The smallest absolute Gasteiger partial charge is 0.251 e. The average molecular weight is 242 g/mol. The summed E-state index contributed by atoms with van der Waals surface area (Å²) in [5.41, 5.74) is 0. The van der Waals surface area contributed by atoms with Gasteiger partial charge in [0.05, 0.1) is 0 Å². The summed E-state index contributed by atoms with van der Waals surface area (Å²) < 4.78 is 5.09. The van der Waals surface area contributed by atoms with Crippen molar-refractivity contribution in [3.05, 3.63) is 0 Å². The van der Waals surface area contributed by atoms with Gasteiger partial charge in [0.15, 0.2) is 0 Å². The fraction of sp³-hybridized carbons (Fsp3) is 0.923. The number of piperidine rings is 1. The molecule has 1 amide bonds. The van der Waals surface area contributed by atoms with E-state index in [1.807, 2.05) is 11.8 Å². The highest BCUT2D eigenvalue weighted by atomic mass is 16.5. The third kappa shape index (κ3) is 4.64. The first-order valence-corrected chi connectivity index (χ1v) is 6.59. The van der Waals surface area contributed by atoms with E-state index in [1.165, 1.54) is 6.42 Å². The number of hydrogen-bond donors (Lipinski definition) is 1. The minimum absolute atomic E-state index is 0.127. The van der Waals surface area contributed by atoms with Crippen LogP contribution in [0.25, 0.3) is 0 Å². The average Bonchev–Trinajstić information content (AvgIpc) is 2.34. The van der Waals surface area contributed by atoms with Crippen molar-refractivity contribution in [3.8, 4) is 0 Å². The highest BCUT2D eigenvalue weighted by molar-refractivity contribution is 5.80. The Bertz CT molecular complexity index is 244. The first-order chi connectivity index (χ1) is 8.04. The molecule has 0 aromatic heterocycles. The van der Waals surface area contributed by atoms with Crippen molar-refractivity contribution in [3.63, 3.8) is 0 Å². The fourth-order valence-electron chi connectivity index (χ4n) is 2.19. The van der Waals surface area contributed by atoms with E-state index in [-0.39, 0.29) is 12.0 Å². The maximum atomic E-state index is 12.0. The van der Waals surface area contributed by atoms with E-state index < -0.39 is 0 Å². The van der Waals surface area contributed by atoms with E-state index >= 15 is 0 Å². The molecule has 1 aliphatic heterocycles. The molecular weight excluding hydrogens is 216 g/mol. The van der Waals surface area contributed by atoms with Crippen LogP contribution in [0, 0.1) is 5.92 Å². The molecule has 0 aliphatic carbocycles. The Morgan fingerprint density at radius 3 is 2.76 bits per heavy atom. The molecule has 1 heterocycles. The fourth-order valence-corrected chi connectivity index (χ4v) is 2.19. The quantitative estimate of drug-likeness (QED) is 0.789. The van der Waals surface area contributed by atoms with E-state index in [0.29, 0.717) is 12.0 Å². The van der Waals surface area contributed by atoms with Gasteiger partial charge in [-0.1, -0.05) is 13.8 Å². The number of methoxy groups -OCH3 is 1. The number of likely N-dealkylation sites (tertiary alicyclic amines) is 1. The molecule has 2 unspecified atom stereocenters. The number of carbonyl (C=O) groups excluding carboxylic acids is 1. The predicted molar refractivity (Wildman–Crippen MR) is 68.9 cm³/mol. The summed E-state index contributed by atoms with van der Waals surface area (Å²) in [6.07, 6.45) is 2.00. The molecule has 1 fully saturated rings. The van der Waals surface area contributed by atoms with Crippen molar-refractivity contribution in [1.29, 1.82) is 0 Å². The van der Waals surface area contributed by atoms with Crippen molar-refractivity contribution in [2.24, 2.45) is 5.92 Å². The van der Waals surface area contributed by atoms with Crippen LogP contribution < -0.4 is 5.32 Å². The minimum Gasteiger partial charge on any atom is -0.372 e. The molecule has 17 heavy (non-hydrogen) atoms. The number of rotatable bonds is 5. The number of carbonyl (C=O) groups is 1. The van der Waals surface area contributed by atoms with Crippen LogP contribution in [0.15, 0.2) is 0 Å². The van der Waals surface area contributed by atoms with E-state index in [4.69, 9.17) is 4.74 Å². The van der Waals surface area contributed by atoms with Gasteiger partial charge in [-0.15, -0.1) is 0 Å². The Morgan fingerprint density at radius 2 is 2.18 bits per heavy atom. The normalized spacial score (nSPS) is 22.9. The summed E-state index contributed by atoms with van der Waals surface area (Å²) in [6.45, 7) is 8.87. The molecule has 0 aromatic rings. The van der Waals surface area contributed by atoms with Gasteiger partial charge in [-0.2, -0.15) is 0 Å². The molecule has 100 valence electrons. The number of hydrogen-bond acceptors (Lipinski definition) is 3. The van der Waals surface area contributed by atoms with Crippen LogP contribution in [-0.2, 0) is 9.53 Å². The van der Waals surface area contributed by atoms with Gasteiger partial charge < -0.3 is 15.0 Å². The largest absolute Gasteiger partial charge is 0.372 e. The third-order valence-electron chi connectivity index (χ3n) is 3.35. The summed E-state index contributed by atoms with van der Waals surface area (Å²) in [6, 6.07) is 0.513. The van der Waals surface area contributed by atoms with Crippen molar-refractivity contribution < 1.29 is 9.53 Å². The highest BCUT2D eigenvalue weighted by Gasteiger charge is 2.26. The summed E-state index contributed by atoms with van der Waals surface area (Å²) in [4.78, 5) is 13.9. The number of amides is 1. The molecular formula is C13H26N2O2. The summed E-state index contributed by atoms with van der Waals surface area (Å²) >= 11 is 0. The molecule has 4 heteroatoms. The Balaban J connectivity index is 2.40. The van der Waals surface area contributed by atoms with Gasteiger partial charge in [-0.25, -0.2) is 0 Å². The lowest BCUT2D eigenvalue weighted by Gasteiger charge is -2.34. The highest BCUT2D eigenvalue weighted by Crippen LogP contribution is 2.17. The second kappa shape index (κ2) is 6.97. The molecule has 0 radical (unpaired) electrons. The molecule has 0 bridgehead atoms. The van der Waals surface area contributed by atoms with E-state index in [9.17, 15) is 4.79 Å². The monoisotopic (exact) mass is 242 g/mol. The van der Waals surface area contributed by atoms with Gasteiger partial charge in [0.1, 0.15) is 6.10 Å². The van der Waals surface area contributed by atoms with Gasteiger partial charge in [0.2, 0.25) is 0 Å². The molecule has 2 atom stereocenters. The number of nitrogens with one attached hydrogen (secondary N) is 1. The summed E-state index contributed by atoms with van der Waals surface area (Å²) in [5.74, 6) is 0.709. The van der Waals surface area contributed by atoms with Gasteiger partial charge in [-0.3, -0.25) is 4.79 Å². The number of nitrogens with zero attached hydrogens (tertiary/aromatic N) is 1. The van der Waals surface area contributed by atoms with Crippen molar-refractivity contribution in [2.45, 2.75) is 45.8 Å². The van der Waals surface area contributed by atoms with Gasteiger partial charge in [0.25, 0.3) is 5.91 Å². The van der Waals surface area contributed by atoms with Gasteiger partial charge >= 0.3 is 0 Å². The zero-order valence-electron chi connectivity index (χ0n) is 11.5. The second-order valence-electron chi connectivity index (χ2n) is 5.23. The minimum atomic E-state index is -0.313. The maximum Gasteiger partial charge on any atom is 0.251 e. The zero-order valence-corrected chi connectivity index (χ0v) is 11.5. The lowest BCUT2D eigenvalue weighted by molar-refractivity contribution is -0.142. The van der Waals surface area contributed by atoms with Crippen LogP contribution in [0.3, 0.4) is 0 Å². The SMILES string of the molecule is COC(C)C(=O)N1CCCC(CNC(C)C)C1. The predicted octanol–water partition coefficient (Wildman–Crippen LogP) is 1.26. The molecule has 4 nitrogen and oxygen atoms in total. The molecule has 0 spiro atoms. The Hall–Kier alpha value is -0.610. The van der Waals surface area contributed by atoms with Crippen molar-refractivity contribution in [1.82, 2.24) is 10.2 Å². The van der Waals surface area contributed by atoms with Gasteiger partial charge in [0, 0.05) is 26.2 Å². The molecule has 1 rings (SSSR count). The van der Waals surface area contributed by atoms with Crippen LogP contribution in [-0.4, -0.2) is 49.7 Å². The maximum absolute atomic E-state index is 12.0. The Morgan fingerprint density at radius 1 is 1.47 bits per heavy atom. The first-order valence-electron chi connectivity index (χ1n) is 6.59.